The number of rotatable bonds is 7. The monoisotopic (exact) mass is 454 g/mol. The maximum absolute atomic E-state index is 12.2. The molecule has 0 bridgehead atoms. The quantitative estimate of drug-likeness (QED) is 0.294. The summed E-state index contributed by atoms with van der Waals surface area (Å²) in [6, 6.07) is 21.3. The molecule has 0 aliphatic carbocycles. The summed E-state index contributed by atoms with van der Waals surface area (Å²) in [5, 5.41) is 3.74. The van der Waals surface area contributed by atoms with Crippen molar-refractivity contribution in [2.45, 2.75) is 12.6 Å². The van der Waals surface area contributed by atoms with Crippen molar-refractivity contribution in [1.29, 1.82) is 0 Å². The molecule has 164 valence electrons. The molecule has 4 aromatic rings. The molecule has 0 amide bonds. The number of hydrogen-bond donors (Lipinski definition) is 1. The summed E-state index contributed by atoms with van der Waals surface area (Å²) in [5.74, 6) is 0.818. The molecule has 0 saturated heterocycles. The lowest BCUT2D eigenvalue weighted by atomic mass is 10.1. The highest BCUT2D eigenvalue weighted by molar-refractivity contribution is 7.21. The van der Waals surface area contributed by atoms with Crippen LogP contribution in [0, 0.1) is 0 Å². The molecule has 1 aromatic heterocycles. The largest absolute Gasteiger partial charge is 0.497 e. The number of nitrogens with one attached hydrogen (secondary N) is 1. The summed E-state index contributed by atoms with van der Waals surface area (Å²) >= 11 is 1.63. The lowest BCUT2D eigenvalue weighted by Gasteiger charge is -2.08. The smallest absolute Gasteiger partial charge is 0.390 e. The van der Waals surface area contributed by atoms with Crippen molar-refractivity contribution in [2.75, 3.05) is 19.0 Å². The van der Waals surface area contributed by atoms with Crippen LogP contribution in [0.25, 0.3) is 32.9 Å². The Morgan fingerprint density at radius 2 is 1.59 bits per heavy atom. The van der Waals surface area contributed by atoms with Crippen molar-refractivity contribution >= 4 is 39.4 Å². The van der Waals surface area contributed by atoms with E-state index in [0.29, 0.717) is 5.69 Å². The number of anilines is 1. The fourth-order valence-corrected chi connectivity index (χ4v) is 4.14. The van der Waals surface area contributed by atoms with Crippen molar-refractivity contribution < 1.29 is 17.9 Å². The molecule has 0 radical (unpaired) electrons. The van der Waals surface area contributed by atoms with E-state index in [1.807, 2.05) is 66.7 Å². The highest BCUT2D eigenvalue weighted by Gasteiger charge is 2.26. The van der Waals surface area contributed by atoms with Gasteiger partial charge >= 0.3 is 6.18 Å². The third-order valence-corrected chi connectivity index (χ3v) is 5.94. The third-order valence-electron chi connectivity index (χ3n) is 4.87. The van der Waals surface area contributed by atoms with Crippen molar-refractivity contribution in [3.05, 3.63) is 77.9 Å². The van der Waals surface area contributed by atoms with Crippen LogP contribution in [-0.2, 0) is 0 Å². The van der Waals surface area contributed by atoms with Crippen molar-refractivity contribution in [3.8, 4) is 16.3 Å². The minimum atomic E-state index is -4.15. The van der Waals surface area contributed by atoms with E-state index >= 15 is 0 Å². The Labute approximate surface area is 188 Å². The lowest BCUT2D eigenvalue weighted by Crippen LogP contribution is -2.14. The molecule has 3 nitrogen and oxygen atoms in total. The molecule has 0 aliphatic rings. The summed E-state index contributed by atoms with van der Waals surface area (Å²) in [4.78, 5) is 4.70. The predicted octanol–water partition coefficient (Wildman–Crippen LogP) is 7.51. The molecule has 4 rings (SSSR count). The second-order valence-electron chi connectivity index (χ2n) is 7.22. The maximum Gasteiger partial charge on any atom is 0.390 e. The number of hydrogen-bond acceptors (Lipinski definition) is 4. The van der Waals surface area contributed by atoms with Gasteiger partial charge in [-0.3, -0.25) is 0 Å². The third kappa shape index (κ3) is 5.68. The van der Waals surface area contributed by atoms with Crippen LogP contribution >= 0.6 is 11.3 Å². The molecule has 1 N–H and O–H groups in total. The Kier molecular flexibility index (Phi) is 6.46. The van der Waals surface area contributed by atoms with Gasteiger partial charge in [0, 0.05) is 17.8 Å². The van der Waals surface area contributed by atoms with E-state index in [0.717, 1.165) is 37.7 Å². The summed E-state index contributed by atoms with van der Waals surface area (Å²) in [5.41, 5.74) is 4.69. The zero-order valence-corrected chi connectivity index (χ0v) is 18.1. The van der Waals surface area contributed by atoms with Gasteiger partial charge in [-0.05, 0) is 41.5 Å². The van der Waals surface area contributed by atoms with Crippen LogP contribution in [0.4, 0.5) is 18.9 Å². The van der Waals surface area contributed by atoms with E-state index in [1.165, 1.54) is 0 Å². The molecule has 0 fully saturated rings. The first kappa shape index (κ1) is 21.9. The van der Waals surface area contributed by atoms with Gasteiger partial charge in [0.05, 0.1) is 23.7 Å². The van der Waals surface area contributed by atoms with E-state index in [-0.39, 0.29) is 6.54 Å². The minimum Gasteiger partial charge on any atom is -0.497 e. The highest BCUT2D eigenvalue weighted by Crippen LogP contribution is 2.32. The van der Waals surface area contributed by atoms with Crippen molar-refractivity contribution in [2.24, 2.45) is 0 Å². The number of nitrogens with zero attached hydrogens (tertiary/aromatic N) is 1. The number of thiazole rings is 1. The molecule has 0 aliphatic heterocycles. The number of methoxy groups -OCH3 is 1. The summed E-state index contributed by atoms with van der Waals surface area (Å²) in [6.07, 6.45) is -1.03. The maximum atomic E-state index is 12.2. The van der Waals surface area contributed by atoms with E-state index < -0.39 is 12.6 Å². The first-order valence-electron chi connectivity index (χ1n) is 10.0. The van der Waals surface area contributed by atoms with Crippen LogP contribution in [0.2, 0.25) is 0 Å². The molecule has 0 saturated carbocycles. The van der Waals surface area contributed by atoms with E-state index in [9.17, 15) is 13.2 Å². The van der Waals surface area contributed by atoms with Crippen molar-refractivity contribution in [1.82, 2.24) is 4.98 Å². The molecule has 1 heterocycles. The number of alkyl halides is 3. The van der Waals surface area contributed by atoms with Gasteiger partial charge in [-0.1, -0.05) is 48.6 Å². The summed E-state index contributed by atoms with van der Waals surface area (Å²) in [7, 11) is 1.65. The topological polar surface area (TPSA) is 34.1 Å². The second-order valence-corrected chi connectivity index (χ2v) is 8.25. The summed E-state index contributed by atoms with van der Waals surface area (Å²) in [6.45, 7) is -0.132. The van der Waals surface area contributed by atoms with Gasteiger partial charge in [0.2, 0.25) is 0 Å². The number of ether oxygens (including phenoxy) is 1. The van der Waals surface area contributed by atoms with Crippen LogP contribution < -0.4 is 10.1 Å². The van der Waals surface area contributed by atoms with Gasteiger partial charge in [-0.2, -0.15) is 13.2 Å². The molecule has 0 spiro atoms. The molecule has 3 aromatic carbocycles. The van der Waals surface area contributed by atoms with Gasteiger partial charge in [0.1, 0.15) is 10.8 Å². The Morgan fingerprint density at radius 3 is 2.22 bits per heavy atom. The molecular formula is C25H21F3N2OS. The average Bonchev–Trinajstić information content (AvgIpc) is 3.21. The second kappa shape index (κ2) is 9.44. The Morgan fingerprint density at radius 1 is 0.938 bits per heavy atom. The Hall–Kier alpha value is -3.32. The standard InChI is InChI=1S/C25H21F3N2OS/c1-31-21-12-13-22-23(16-21)32-24(30-22)19-8-4-17(5-9-19)2-3-18-6-10-20(11-7-18)29-15-14-25(26,27)28/h2-13,16,29H,14-15H2,1H3. The number of fused-ring (bicyclic) bond motifs is 1. The summed E-state index contributed by atoms with van der Waals surface area (Å²) < 4.78 is 43.0. The molecule has 32 heavy (non-hydrogen) atoms. The lowest BCUT2D eigenvalue weighted by molar-refractivity contribution is -0.131. The minimum absolute atomic E-state index is 0.132. The fraction of sp³-hybridized carbons (Fsp3) is 0.160. The highest BCUT2D eigenvalue weighted by atomic mass is 32.1. The normalized spacial score (nSPS) is 11.9. The number of benzene rings is 3. The van der Waals surface area contributed by atoms with E-state index in [1.54, 1.807) is 30.6 Å². The van der Waals surface area contributed by atoms with Gasteiger partial charge < -0.3 is 10.1 Å². The number of halogens is 3. The average molecular weight is 455 g/mol. The molecule has 7 heteroatoms. The van der Waals surface area contributed by atoms with Gasteiger partial charge in [0.25, 0.3) is 0 Å². The van der Waals surface area contributed by atoms with Gasteiger partial charge in [-0.25, -0.2) is 4.98 Å². The molecule has 0 unspecified atom stereocenters. The SMILES string of the molecule is COc1ccc2nc(-c3ccc(C=Cc4ccc(NCCC(F)(F)F)cc4)cc3)sc2c1. The zero-order valence-electron chi connectivity index (χ0n) is 17.3. The zero-order chi connectivity index (χ0) is 22.6. The first-order valence-corrected chi connectivity index (χ1v) is 10.8. The molecular weight excluding hydrogens is 433 g/mol. The van der Waals surface area contributed by atoms with Crippen LogP contribution in [-0.4, -0.2) is 24.8 Å². The van der Waals surface area contributed by atoms with E-state index in [4.69, 9.17) is 9.72 Å². The van der Waals surface area contributed by atoms with Crippen molar-refractivity contribution in [3.63, 3.8) is 0 Å². The van der Waals surface area contributed by atoms with Crippen LogP contribution in [0.5, 0.6) is 5.75 Å². The van der Waals surface area contributed by atoms with Crippen LogP contribution in [0.15, 0.2) is 66.7 Å². The number of aromatic nitrogens is 1. The van der Waals surface area contributed by atoms with Crippen LogP contribution in [0.1, 0.15) is 17.5 Å². The van der Waals surface area contributed by atoms with Crippen LogP contribution in [0.3, 0.4) is 0 Å². The predicted molar refractivity (Wildman–Crippen MR) is 126 cm³/mol. The van der Waals surface area contributed by atoms with Gasteiger partial charge in [-0.15, -0.1) is 11.3 Å². The Bertz CT molecular complexity index is 1210. The van der Waals surface area contributed by atoms with E-state index in [2.05, 4.69) is 5.32 Å². The Balaban J connectivity index is 1.39. The van der Waals surface area contributed by atoms with Gasteiger partial charge in [0.15, 0.2) is 0 Å². The molecule has 0 atom stereocenters. The first-order chi connectivity index (χ1) is 15.4. The fourth-order valence-electron chi connectivity index (χ4n) is 3.15.